The van der Waals surface area contributed by atoms with Gasteiger partial charge in [0.05, 0.1) is 11.7 Å². The van der Waals surface area contributed by atoms with Crippen molar-refractivity contribution in [3.63, 3.8) is 0 Å². The lowest BCUT2D eigenvalue weighted by atomic mass is 10.1. The maximum absolute atomic E-state index is 4.77. The molecule has 0 spiro atoms. The highest BCUT2D eigenvalue weighted by Gasteiger charge is 2.25. The van der Waals surface area contributed by atoms with E-state index in [1.165, 1.54) is 22.2 Å². The van der Waals surface area contributed by atoms with Crippen molar-refractivity contribution in [3.8, 4) is 0 Å². The van der Waals surface area contributed by atoms with Gasteiger partial charge in [0.2, 0.25) is 11.2 Å². The number of pyridine rings is 1. The molecule has 1 aromatic heterocycles. The first-order chi connectivity index (χ1) is 11.2. The zero-order valence-electron chi connectivity index (χ0n) is 13.5. The van der Waals surface area contributed by atoms with E-state index in [0.717, 1.165) is 12.1 Å². The molecule has 0 aliphatic carbocycles. The van der Waals surface area contributed by atoms with Crippen molar-refractivity contribution < 1.29 is 4.57 Å². The predicted molar refractivity (Wildman–Crippen MR) is 94.8 cm³/mol. The Bertz CT molecular complexity index is 898. The fourth-order valence-electron chi connectivity index (χ4n) is 3.34. The van der Waals surface area contributed by atoms with Gasteiger partial charge in [-0.05, 0) is 37.1 Å². The highest BCUT2D eigenvalue weighted by Crippen LogP contribution is 2.31. The van der Waals surface area contributed by atoms with E-state index in [2.05, 4.69) is 84.2 Å². The summed E-state index contributed by atoms with van der Waals surface area (Å²) in [6.45, 7) is 2.22. The maximum Gasteiger partial charge on any atom is 0.225 e. The molecule has 23 heavy (non-hydrogen) atoms. The van der Waals surface area contributed by atoms with Crippen LogP contribution in [0.3, 0.4) is 0 Å². The second-order valence-electron chi connectivity index (χ2n) is 6.15. The molecule has 3 nitrogen and oxygen atoms in total. The average molecular weight is 302 g/mol. The zero-order chi connectivity index (χ0) is 15.8. The number of hydrogen-bond donors (Lipinski definition) is 0. The van der Waals surface area contributed by atoms with Crippen molar-refractivity contribution >= 4 is 22.8 Å². The molecule has 0 N–H and O–H groups in total. The second kappa shape index (κ2) is 5.51. The molecule has 0 amide bonds. The van der Waals surface area contributed by atoms with E-state index < -0.39 is 0 Å². The van der Waals surface area contributed by atoms with Crippen molar-refractivity contribution in [2.24, 2.45) is 12.1 Å². The Kier molecular flexibility index (Phi) is 3.34. The van der Waals surface area contributed by atoms with Gasteiger partial charge in [0.1, 0.15) is 13.3 Å². The van der Waals surface area contributed by atoms with Gasteiger partial charge in [-0.3, -0.25) is 5.01 Å². The minimum atomic E-state index is 0.398. The fourth-order valence-corrected chi connectivity index (χ4v) is 3.34. The number of nitrogens with zero attached hydrogens (tertiary/aromatic N) is 3. The van der Waals surface area contributed by atoms with Gasteiger partial charge < -0.3 is 0 Å². The maximum atomic E-state index is 4.77. The monoisotopic (exact) mass is 302 g/mol. The number of benzene rings is 2. The summed E-state index contributed by atoms with van der Waals surface area (Å²) in [7, 11) is 2.09. The lowest BCUT2D eigenvalue weighted by Gasteiger charge is -2.17. The van der Waals surface area contributed by atoms with Gasteiger partial charge in [-0.25, -0.2) is 0 Å². The average Bonchev–Trinajstić information content (AvgIpc) is 2.90. The predicted octanol–water partition coefficient (Wildman–Crippen LogP) is 3.45. The van der Waals surface area contributed by atoms with E-state index in [0.29, 0.717) is 6.04 Å². The van der Waals surface area contributed by atoms with Crippen molar-refractivity contribution in [3.05, 3.63) is 71.9 Å². The molecular weight excluding hydrogens is 282 g/mol. The van der Waals surface area contributed by atoms with Gasteiger partial charge in [0.25, 0.3) is 0 Å². The molecule has 0 bridgehead atoms. The lowest BCUT2D eigenvalue weighted by Crippen LogP contribution is -2.35. The number of aryl methyl sites for hydroxylation is 1. The van der Waals surface area contributed by atoms with Crippen LogP contribution in [0, 0.1) is 0 Å². The molecule has 4 rings (SSSR count). The molecule has 0 saturated heterocycles. The summed E-state index contributed by atoms with van der Waals surface area (Å²) in [5.41, 5.74) is 4.91. The van der Waals surface area contributed by atoms with Gasteiger partial charge in [-0.2, -0.15) is 9.67 Å². The summed E-state index contributed by atoms with van der Waals surface area (Å²) in [5.74, 6) is 0. The van der Waals surface area contributed by atoms with E-state index in [1.54, 1.807) is 0 Å². The molecule has 3 heteroatoms. The Hall–Kier alpha value is -2.68. The molecule has 1 atom stereocenters. The van der Waals surface area contributed by atoms with Gasteiger partial charge in [0.15, 0.2) is 0 Å². The quantitative estimate of drug-likeness (QED) is 0.524. The minimum absolute atomic E-state index is 0.398. The van der Waals surface area contributed by atoms with Crippen LogP contribution in [-0.4, -0.2) is 12.3 Å². The van der Waals surface area contributed by atoms with Gasteiger partial charge in [-0.1, -0.05) is 30.3 Å². The van der Waals surface area contributed by atoms with E-state index in [1.807, 2.05) is 6.21 Å². The number of para-hydroxylation sites is 2. The largest absolute Gasteiger partial charge is 0.262 e. The Labute approximate surface area is 136 Å². The number of anilines is 1. The first-order valence-electron chi connectivity index (χ1n) is 8.03. The highest BCUT2D eigenvalue weighted by atomic mass is 15.5. The van der Waals surface area contributed by atoms with Crippen molar-refractivity contribution in [1.29, 1.82) is 0 Å². The molecule has 2 heterocycles. The molecule has 0 saturated carbocycles. The zero-order valence-corrected chi connectivity index (χ0v) is 13.5. The third-order valence-corrected chi connectivity index (χ3v) is 4.60. The van der Waals surface area contributed by atoms with E-state index in [-0.39, 0.29) is 0 Å². The van der Waals surface area contributed by atoms with Crippen LogP contribution in [0.4, 0.5) is 5.69 Å². The summed E-state index contributed by atoms with van der Waals surface area (Å²) >= 11 is 0. The minimum Gasteiger partial charge on any atom is -0.262 e. The van der Waals surface area contributed by atoms with E-state index in [9.17, 15) is 0 Å². The van der Waals surface area contributed by atoms with Crippen molar-refractivity contribution in [2.75, 3.05) is 5.01 Å². The van der Waals surface area contributed by atoms with Crippen LogP contribution in [0.15, 0.2) is 65.8 Å². The van der Waals surface area contributed by atoms with Crippen LogP contribution in [0.2, 0.25) is 0 Å². The number of aromatic nitrogens is 1. The fraction of sp³-hybridized carbons (Fsp3) is 0.200. The summed E-state index contributed by atoms with van der Waals surface area (Å²) in [4.78, 5) is 0. The van der Waals surface area contributed by atoms with Crippen molar-refractivity contribution in [1.82, 2.24) is 0 Å². The van der Waals surface area contributed by atoms with Crippen LogP contribution in [0.5, 0.6) is 0 Å². The number of hydrazone groups is 1. The van der Waals surface area contributed by atoms with E-state index >= 15 is 0 Å². The van der Waals surface area contributed by atoms with Crippen LogP contribution in [0.25, 0.3) is 10.9 Å². The molecular formula is C20H20N3+. The molecule has 3 aromatic rings. The summed E-state index contributed by atoms with van der Waals surface area (Å²) in [6.07, 6.45) is 3.02. The topological polar surface area (TPSA) is 19.5 Å². The first-order valence-corrected chi connectivity index (χ1v) is 8.03. The molecule has 1 aliphatic rings. The lowest BCUT2D eigenvalue weighted by molar-refractivity contribution is -0.645. The van der Waals surface area contributed by atoms with E-state index in [4.69, 9.17) is 5.10 Å². The Balaban J connectivity index is 1.71. The standard InChI is InChI=1S/C20H20N3/c1-15-13-17-8-4-6-10-20(17)23(15)21-14-18-12-11-16-7-3-5-9-19(16)22(18)2/h3-12,14-15H,13H2,1-2H3/q+1. The van der Waals surface area contributed by atoms with Gasteiger partial charge >= 0.3 is 0 Å². The number of fused-ring (bicyclic) bond motifs is 2. The Morgan fingerprint density at radius 2 is 1.83 bits per heavy atom. The second-order valence-corrected chi connectivity index (χ2v) is 6.15. The summed E-state index contributed by atoms with van der Waals surface area (Å²) in [6, 6.07) is 21.6. The normalized spacial score (nSPS) is 17.1. The first kappa shape index (κ1) is 13.9. The molecule has 114 valence electrons. The molecule has 1 unspecified atom stereocenters. The molecule has 1 aliphatic heterocycles. The van der Waals surface area contributed by atoms with Crippen LogP contribution >= 0.6 is 0 Å². The summed E-state index contributed by atoms with van der Waals surface area (Å²) in [5, 5.41) is 8.14. The Morgan fingerprint density at radius 1 is 1.04 bits per heavy atom. The van der Waals surface area contributed by atoms with Crippen molar-refractivity contribution in [2.45, 2.75) is 19.4 Å². The molecule has 0 radical (unpaired) electrons. The van der Waals surface area contributed by atoms with Crippen LogP contribution < -0.4 is 9.58 Å². The smallest absolute Gasteiger partial charge is 0.225 e. The van der Waals surface area contributed by atoms with Crippen LogP contribution in [0.1, 0.15) is 18.2 Å². The summed E-state index contributed by atoms with van der Waals surface area (Å²) < 4.78 is 2.19. The number of hydrogen-bond acceptors (Lipinski definition) is 2. The molecule has 2 aromatic carbocycles. The Morgan fingerprint density at radius 3 is 2.74 bits per heavy atom. The van der Waals surface area contributed by atoms with Crippen LogP contribution in [-0.2, 0) is 13.5 Å². The van der Waals surface area contributed by atoms with Gasteiger partial charge in [-0.15, -0.1) is 0 Å². The third-order valence-electron chi connectivity index (χ3n) is 4.60. The number of rotatable bonds is 2. The highest BCUT2D eigenvalue weighted by molar-refractivity contribution is 5.82. The third kappa shape index (κ3) is 2.38. The van der Waals surface area contributed by atoms with Gasteiger partial charge in [0, 0.05) is 17.5 Å². The molecule has 0 fully saturated rings. The SMILES string of the molecule is CC1Cc2ccccc2N1N=Cc1ccc2ccccc2[n+]1C.